The minimum atomic E-state index is 0.555. The molecule has 3 heterocycles. The average molecular weight is 271 g/mol. The van der Waals surface area contributed by atoms with Crippen LogP contribution < -0.4 is 10.6 Å². The lowest BCUT2D eigenvalue weighted by Gasteiger charge is -2.23. The van der Waals surface area contributed by atoms with Crippen molar-refractivity contribution in [2.45, 2.75) is 32.2 Å². The summed E-state index contributed by atoms with van der Waals surface area (Å²) in [7, 11) is 0. The number of imidazole rings is 1. The number of nitrogens with one attached hydrogen (secondary N) is 2. The van der Waals surface area contributed by atoms with E-state index in [1.54, 1.807) is 0 Å². The van der Waals surface area contributed by atoms with E-state index in [-0.39, 0.29) is 0 Å². The van der Waals surface area contributed by atoms with Crippen molar-refractivity contribution in [3.63, 3.8) is 0 Å². The molecule has 0 aromatic carbocycles. The summed E-state index contributed by atoms with van der Waals surface area (Å²) in [5.74, 6) is 0.897. The van der Waals surface area contributed by atoms with Crippen LogP contribution in [-0.2, 0) is 0 Å². The third-order valence-corrected chi connectivity index (χ3v) is 3.67. The van der Waals surface area contributed by atoms with Crippen LogP contribution in [0.4, 0.5) is 5.82 Å². The topological polar surface area (TPSA) is 54.2 Å². The summed E-state index contributed by atoms with van der Waals surface area (Å²) in [5.41, 5.74) is 1.88. The minimum Gasteiger partial charge on any atom is -0.367 e. The highest BCUT2D eigenvalue weighted by molar-refractivity contribution is 5.53. The Hall–Kier alpha value is -1.88. The van der Waals surface area contributed by atoms with Gasteiger partial charge in [0.25, 0.3) is 0 Å². The monoisotopic (exact) mass is 271 g/mol. The highest BCUT2D eigenvalue weighted by Gasteiger charge is 2.12. The van der Waals surface area contributed by atoms with Crippen LogP contribution in [0.5, 0.6) is 0 Å². The number of piperidine rings is 1. The van der Waals surface area contributed by atoms with Gasteiger partial charge in [-0.1, -0.05) is 12.5 Å². The Morgan fingerprint density at radius 1 is 1.45 bits per heavy atom. The predicted molar refractivity (Wildman–Crippen MR) is 81.8 cm³/mol. The van der Waals surface area contributed by atoms with Crippen molar-refractivity contribution in [1.29, 1.82) is 0 Å². The van der Waals surface area contributed by atoms with E-state index in [1.165, 1.54) is 19.3 Å². The molecule has 1 atom stereocenters. The Bertz CT molecular complexity index is 595. The second-order valence-corrected chi connectivity index (χ2v) is 5.20. The van der Waals surface area contributed by atoms with Crippen molar-refractivity contribution in [2.75, 3.05) is 18.4 Å². The van der Waals surface area contributed by atoms with Crippen LogP contribution in [0.1, 0.15) is 31.9 Å². The number of nitrogens with zero attached hydrogens (tertiary/aromatic N) is 3. The number of aromatic nitrogens is 3. The van der Waals surface area contributed by atoms with Gasteiger partial charge in [0, 0.05) is 12.6 Å². The molecular formula is C15H21N5. The van der Waals surface area contributed by atoms with Gasteiger partial charge < -0.3 is 10.6 Å². The third kappa shape index (κ3) is 2.82. The van der Waals surface area contributed by atoms with Gasteiger partial charge >= 0.3 is 0 Å². The van der Waals surface area contributed by atoms with E-state index in [4.69, 9.17) is 0 Å². The number of fused-ring (bicyclic) bond motifs is 1. The molecule has 0 aliphatic carbocycles. The Kier molecular flexibility index (Phi) is 3.97. The lowest BCUT2D eigenvalue weighted by atomic mass is 10.1. The molecule has 2 N–H and O–H groups in total. The van der Waals surface area contributed by atoms with Crippen molar-refractivity contribution in [3.05, 3.63) is 30.1 Å². The molecule has 5 heteroatoms. The van der Waals surface area contributed by atoms with Crippen molar-refractivity contribution < 1.29 is 0 Å². The van der Waals surface area contributed by atoms with E-state index in [0.717, 1.165) is 30.2 Å². The fourth-order valence-electron chi connectivity index (χ4n) is 2.60. The molecule has 0 saturated carbocycles. The van der Waals surface area contributed by atoms with Crippen LogP contribution in [0.2, 0.25) is 0 Å². The van der Waals surface area contributed by atoms with Gasteiger partial charge in [-0.2, -0.15) is 0 Å². The highest BCUT2D eigenvalue weighted by atomic mass is 15.3. The Morgan fingerprint density at radius 2 is 2.40 bits per heavy atom. The summed E-state index contributed by atoms with van der Waals surface area (Å²) in [6.45, 7) is 4.05. The Morgan fingerprint density at radius 3 is 3.20 bits per heavy atom. The average Bonchev–Trinajstić information content (AvgIpc) is 2.89. The maximum absolute atomic E-state index is 4.60. The fourth-order valence-corrected chi connectivity index (χ4v) is 2.60. The second-order valence-electron chi connectivity index (χ2n) is 5.20. The van der Waals surface area contributed by atoms with Crippen molar-refractivity contribution in [2.24, 2.45) is 0 Å². The van der Waals surface area contributed by atoms with Gasteiger partial charge in [0.1, 0.15) is 5.82 Å². The molecule has 0 bridgehead atoms. The predicted octanol–water partition coefficient (Wildman–Crippen LogP) is 2.32. The van der Waals surface area contributed by atoms with E-state index in [9.17, 15) is 0 Å². The van der Waals surface area contributed by atoms with E-state index in [2.05, 4.69) is 20.7 Å². The highest BCUT2D eigenvalue weighted by Crippen LogP contribution is 2.12. The van der Waals surface area contributed by atoms with Crippen LogP contribution in [0.15, 0.2) is 24.4 Å². The largest absolute Gasteiger partial charge is 0.367 e. The lowest BCUT2D eigenvalue weighted by Crippen LogP contribution is -2.39. The molecule has 0 radical (unpaired) electrons. The van der Waals surface area contributed by atoms with E-state index < -0.39 is 0 Å². The van der Waals surface area contributed by atoms with Gasteiger partial charge in [-0.05, 0) is 44.5 Å². The molecule has 20 heavy (non-hydrogen) atoms. The smallest absolute Gasteiger partial charge is 0.154 e. The number of anilines is 1. The molecule has 1 aliphatic rings. The molecule has 1 saturated heterocycles. The summed E-state index contributed by atoms with van der Waals surface area (Å²) in [6.07, 6.45) is 9.71. The molecule has 5 nitrogen and oxygen atoms in total. The molecular weight excluding hydrogens is 250 g/mol. The van der Waals surface area contributed by atoms with E-state index in [0.29, 0.717) is 6.04 Å². The van der Waals surface area contributed by atoms with Crippen LogP contribution in [0, 0.1) is 0 Å². The molecule has 106 valence electrons. The molecule has 1 aliphatic heterocycles. The van der Waals surface area contributed by atoms with E-state index in [1.807, 2.05) is 41.9 Å². The molecule has 2 aromatic rings. The van der Waals surface area contributed by atoms with Gasteiger partial charge in [-0.3, -0.25) is 0 Å². The number of hydrogen-bond donors (Lipinski definition) is 2. The van der Waals surface area contributed by atoms with Crippen LogP contribution in [0.3, 0.4) is 0 Å². The summed E-state index contributed by atoms with van der Waals surface area (Å²) in [5, 5.41) is 11.6. The number of allylic oxidation sites excluding steroid dienone is 1. The van der Waals surface area contributed by atoms with Crippen molar-refractivity contribution in [3.8, 4) is 0 Å². The minimum absolute atomic E-state index is 0.555. The van der Waals surface area contributed by atoms with Crippen molar-refractivity contribution >= 4 is 17.5 Å². The first-order chi connectivity index (χ1) is 9.86. The zero-order valence-corrected chi connectivity index (χ0v) is 11.8. The molecule has 0 spiro atoms. The van der Waals surface area contributed by atoms with Crippen LogP contribution in [-0.4, -0.2) is 33.7 Å². The molecule has 2 aromatic heterocycles. The summed E-state index contributed by atoms with van der Waals surface area (Å²) in [4.78, 5) is 4.34. The summed E-state index contributed by atoms with van der Waals surface area (Å²) in [6, 6.07) is 4.54. The van der Waals surface area contributed by atoms with E-state index >= 15 is 0 Å². The van der Waals surface area contributed by atoms with Gasteiger partial charge in [0.2, 0.25) is 0 Å². The zero-order chi connectivity index (χ0) is 13.8. The maximum atomic E-state index is 4.60. The normalized spacial score (nSPS) is 19.8. The van der Waals surface area contributed by atoms with Crippen LogP contribution in [0.25, 0.3) is 11.7 Å². The SMILES string of the molecule is CC=Cc1cnc2ccc(NC[C@@H]3CCCCN3)nn12. The summed E-state index contributed by atoms with van der Waals surface area (Å²) < 4.78 is 1.87. The lowest BCUT2D eigenvalue weighted by molar-refractivity contribution is 0.414. The van der Waals surface area contributed by atoms with Gasteiger partial charge in [0.05, 0.1) is 11.9 Å². The quantitative estimate of drug-likeness (QED) is 0.896. The maximum Gasteiger partial charge on any atom is 0.154 e. The Balaban J connectivity index is 1.72. The van der Waals surface area contributed by atoms with Gasteiger partial charge in [-0.25, -0.2) is 9.50 Å². The summed E-state index contributed by atoms with van der Waals surface area (Å²) >= 11 is 0. The van der Waals surface area contributed by atoms with Crippen molar-refractivity contribution in [1.82, 2.24) is 19.9 Å². The first kappa shape index (κ1) is 13.1. The third-order valence-electron chi connectivity index (χ3n) is 3.67. The molecule has 0 unspecified atom stereocenters. The first-order valence-corrected chi connectivity index (χ1v) is 7.31. The molecule has 0 amide bonds. The number of hydrogen-bond acceptors (Lipinski definition) is 4. The molecule has 3 rings (SSSR count). The van der Waals surface area contributed by atoms with Gasteiger partial charge in [0.15, 0.2) is 5.65 Å². The second kappa shape index (κ2) is 6.05. The molecule has 1 fully saturated rings. The fraction of sp³-hybridized carbons (Fsp3) is 0.467. The standard InChI is InChI=1S/C15H21N5/c1-2-5-13-11-18-15-8-7-14(19-20(13)15)17-10-12-6-3-4-9-16-12/h2,5,7-8,11-12,16H,3-4,6,9-10H2,1H3,(H,17,19)/t12-/m0/s1. The Labute approximate surface area is 119 Å². The van der Waals surface area contributed by atoms with Gasteiger partial charge in [-0.15, -0.1) is 5.10 Å². The number of rotatable bonds is 4. The van der Waals surface area contributed by atoms with Crippen LogP contribution >= 0.6 is 0 Å². The first-order valence-electron chi connectivity index (χ1n) is 7.31. The zero-order valence-electron chi connectivity index (χ0n) is 11.8.